The maximum absolute atomic E-state index is 12.1. The zero-order valence-corrected chi connectivity index (χ0v) is 32.4. The van der Waals surface area contributed by atoms with Crippen LogP contribution in [0.25, 0.3) is 55.0 Å². The molecule has 0 aliphatic rings. The second-order valence-corrected chi connectivity index (χ2v) is 16.7. The fourth-order valence-electron chi connectivity index (χ4n) is 7.73. The van der Waals surface area contributed by atoms with Crippen LogP contribution >= 0.6 is 16.1 Å². The van der Waals surface area contributed by atoms with Gasteiger partial charge in [-0.2, -0.15) is 0 Å². The molecule has 0 bridgehead atoms. The highest BCUT2D eigenvalue weighted by Crippen LogP contribution is 2.39. The number of aromatic nitrogens is 2. The summed E-state index contributed by atoms with van der Waals surface area (Å²) in [5.41, 5.74) is 7.88. The van der Waals surface area contributed by atoms with Crippen molar-refractivity contribution in [3.8, 4) is 22.9 Å². The van der Waals surface area contributed by atoms with Gasteiger partial charge in [0.05, 0.1) is 45.3 Å². The predicted molar refractivity (Wildman–Crippen MR) is 233 cm³/mol. The molecule has 8 heteroatoms. The first-order chi connectivity index (χ1) is 27.0. The summed E-state index contributed by atoms with van der Waals surface area (Å²) in [5.74, 6) is 0.502. The van der Waals surface area contributed by atoms with Gasteiger partial charge in [-0.1, -0.05) is 95.7 Å². The highest BCUT2D eigenvalue weighted by molar-refractivity contribution is 7.64. The lowest BCUT2D eigenvalue weighted by Crippen LogP contribution is -2.11. The molecule has 55 heavy (non-hydrogen) atoms. The molecule has 268 valence electrons. The van der Waals surface area contributed by atoms with Crippen molar-refractivity contribution in [3.63, 3.8) is 0 Å². The van der Waals surface area contributed by atoms with Gasteiger partial charge in [-0.3, -0.25) is 4.74 Å². The minimum absolute atomic E-state index is 0.244. The van der Waals surface area contributed by atoms with E-state index < -0.39 is 7.71 Å². The predicted octanol–water partition coefficient (Wildman–Crippen LogP) is 11.4. The van der Waals surface area contributed by atoms with Crippen LogP contribution in [0.2, 0.25) is 0 Å². The van der Waals surface area contributed by atoms with Gasteiger partial charge in [0.15, 0.2) is 16.8 Å². The summed E-state index contributed by atoms with van der Waals surface area (Å²) in [6, 6.07) is 52.0. The maximum Gasteiger partial charge on any atom is 0.280 e. The molecular formula is C47H39N4O2P2+. The second-order valence-electron chi connectivity index (χ2n) is 13.9. The standard InChI is InChI=1S/C47H38N4O2P2/c1-31-27-42(50-38-21-10-6-17-34(38)35-18-7-11-22-39(35)50)46(52)44(29-31)54-48-25-14-26-49-55(33-15-4-3-5-16-33)45-30-32(2)28-43(47(45)53)51-40-23-12-8-19-36(40)37-20-9-13-24-41(37)51/h3-13,15-24,27-30H,14,25-26H2,1-2H3,(H-,48,49,52,53)/p+1. The number of nitrogens with zero attached hydrogens (tertiary/aromatic N) is 4. The van der Waals surface area contributed by atoms with E-state index in [0.717, 1.165) is 88.4 Å². The van der Waals surface area contributed by atoms with E-state index in [1.54, 1.807) is 0 Å². The van der Waals surface area contributed by atoms with Crippen molar-refractivity contribution in [3.05, 3.63) is 163 Å². The van der Waals surface area contributed by atoms with Gasteiger partial charge >= 0.3 is 0 Å². The quantitative estimate of drug-likeness (QED) is 0.114. The van der Waals surface area contributed by atoms with Crippen molar-refractivity contribution in [1.82, 2.24) is 9.13 Å². The van der Waals surface area contributed by atoms with Gasteiger partial charge in [-0.15, -0.1) is 0 Å². The Kier molecular flexibility index (Phi) is 9.23. The summed E-state index contributed by atoms with van der Waals surface area (Å²) in [6.45, 7) is 5.33. The third-order valence-electron chi connectivity index (χ3n) is 10.1. The maximum atomic E-state index is 12.1. The SMILES string of the molecule is Cc1cc(P=NCCCN=[P+](c2ccccc2)c2cc(C)cc(-n3c4ccccc4c4ccccc43)c2O)c(O)c(-n2c3ccccc3c3ccccc32)c1. The number of phenols is 2. The second kappa shape index (κ2) is 14.6. The third kappa shape index (κ3) is 6.28. The summed E-state index contributed by atoms with van der Waals surface area (Å²) in [5, 5.41) is 31.1. The minimum Gasteiger partial charge on any atom is -0.505 e. The molecule has 6 nitrogen and oxygen atoms in total. The Bertz CT molecular complexity index is 2860. The number of aromatic hydroxyl groups is 2. The van der Waals surface area contributed by atoms with Crippen LogP contribution in [0.4, 0.5) is 0 Å². The smallest absolute Gasteiger partial charge is 0.280 e. The molecule has 0 spiro atoms. The number of rotatable bonds is 9. The summed E-state index contributed by atoms with van der Waals surface area (Å²) < 4.78 is 14.5. The topological polar surface area (TPSA) is 75.0 Å². The lowest BCUT2D eigenvalue weighted by Gasteiger charge is -2.13. The van der Waals surface area contributed by atoms with Crippen LogP contribution in [0, 0.1) is 13.8 Å². The van der Waals surface area contributed by atoms with Gasteiger partial charge in [0.1, 0.15) is 0 Å². The highest BCUT2D eigenvalue weighted by atomic mass is 31.1. The van der Waals surface area contributed by atoms with E-state index in [1.807, 2.05) is 54.6 Å². The molecule has 0 saturated heterocycles. The fraction of sp³-hybridized carbons (Fsp3) is 0.106. The molecule has 1 atom stereocenters. The van der Waals surface area contributed by atoms with Crippen LogP contribution in [0.5, 0.6) is 11.5 Å². The summed E-state index contributed by atoms with van der Waals surface area (Å²) >= 11 is 0. The number of benzene rings is 7. The molecule has 0 fully saturated rings. The first-order valence-corrected chi connectivity index (χ1v) is 20.7. The van der Waals surface area contributed by atoms with E-state index in [0.29, 0.717) is 21.5 Å². The van der Waals surface area contributed by atoms with Gasteiger partial charge in [-0.25, -0.2) is 0 Å². The average Bonchev–Trinajstić information content (AvgIpc) is 3.73. The van der Waals surface area contributed by atoms with E-state index in [9.17, 15) is 10.2 Å². The van der Waals surface area contributed by atoms with Crippen LogP contribution < -0.4 is 15.9 Å². The third-order valence-corrected chi connectivity index (χ3v) is 13.1. The number of hydrogen-bond acceptors (Lipinski definition) is 4. The van der Waals surface area contributed by atoms with Gasteiger partial charge < -0.3 is 19.3 Å². The monoisotopic (exact) mass is 753 g/mol. The van der Waals surface area contributed by atoms with Crippen molar-refractivity contribution in [2.45, 2.75) is 20.3 Å². The number of para-hydroxylation sites is 4. The molecule has 2 aromatic heterocycles. The first kappa shape index (κ1) is 34.7. The summed E-state index contributed by atoms with van der Waals surface area (Å²) in [4.78, 5) is 0. The Balaban J connectivity index is 1.02. The molecule has 2 N–H and O–H groups in total. The fourth-order valence-corrected chi connectivity index (χ4v) is 10.6. The van der Waals surface area contributed by atoms with Crippen LogP contribution in [-0.2, 0) is 0 Å². The van der Waals surface area contributed by atoms with Crippen LogP contribution in [-0.4, -0.2) is 32.4 Å². The largest absolute Gasteiger partial charge is 0.505 e. The van der Waals surface area contributed by atoms with E-state index in [-0.39, 0.29) is 11.5 Å². The molecule has 9 rings (SSSR count). The van der Waals surface area contributed by atoms with E-state index in [2.05, 4.69) is 120 Å². The van der Waals surface area contributed by atoms with Crippen LogP contribution in [0.1, 0.15) is 17.5 Å². The molecule has 0 aliphatic heterocycles. The van der Waals surface area contributed by atoms with Crippen molar-refractivity contribution in [2.24, 2.45) is 9.49 Å². The van der Waals surface area contributed by atoms with E-state index >= 15 is 0 Å². The molecule has 0 radical (unpaired) electrons. The number of fused-ring (bicyclic) bond motifs is 6. The van der Waals surface area contributed by atoms with Gasteiger partial charge in [0.25, 0.3) is 7.71 Å². The normalized spacial score (nSPS) is 12.2. The van der Waals surface area contributed by atoms with E-state index in [4.69, 9.17) is 9.49 Å². The van der Waals surface area contributed by atoms with Crippen molar-refractivity contribution in [1.29, 1.82) is 0 Å². The summed E-state index contributed by atoms with van der Waals surface area (Å²) in [6.07, 6.45) is 0.747. The van der Waals surface area contributed by atoms with Crippen LogP contribution in [0.15, 0.2) is 161 Å². The number of hydrogen-bond donors (Lipinski definition) is 2. The van der Waals surface area contributed by atoms with Gasteiger partial charge in [0, 0.05) is 36.5 Å². The van der Waals surface area contributed by atoms with Gasteiger partial charge in [-0.05, 0) is 92.1 Å². The molecule has 0 amide bonds. The average molecular weight is 754 g/mol. The van der Waals surface area contributed by atoms with Crippen molar-refractivity contribution < 1.29 is 10.2 Å². The first-order valence-electron chi connectivity index (χ1n) is 18.5. The van der Waals surface area contributed by atoms with Crippen LogP contribution in [0.3, 0.4) is 0 Å². The zero-order valence-electron chi connectivity index (χ0n) is 30.6. The lowest BCUT2D eigenvalue weighted by molar-refractivity contribution is 0.477. The Hall–Kier alpha value is -6.06. The summed E-state index contributed by atoms with van der Waals surface area (Å²) in [7, 11) is -0.507. The number of phenolic OH excluding ortho intramolecular Hbond substituents is 2. The zero-order chi connectivity index (χ0) is 37.5. The Morgan fingerprint density at radius 3 is 1.51 bits per heavy atom. The number of aryl methyl sites for hydroxylation is 2. The molecule has 2 heterocycles. The Labute approximate surface area is 322 Å². The Morgan fingerprint density at radius 1 is 0.527 bits per heavy atom. The molecule has 1 unspecified atom stereocenters. The lowest BCUT2D eigenvalue weighted by atomic mass is 10.2. The molecule has 0 saturated carbocycles. The molecule has 9 aromatic rings. The molecule has 0 aliphatic carbocycles. The Morgan fingerprint density at radius 2 is 0.982 bits per heavy atom. The van der Waals surface area contributed by atoms with Crippen molar-refractivity contribution in [2.75, 3.05) is 13.1 Å². The van der Waals surface area contributed by atoms with Crippen molar-refractivity contribution >= 4 is 75.6 Å². The molecular weight excluding hydrogens is 714 g/mol. The van der Waals surface area contributed by atoms with Gasteiger partial charge in [0.2, 0.25) is 5.30 Å². The molecule has 7 aromatic carbocycles. The highest BCUT2D eigenvalue weighted by Gasteiger charge is 2.28. The minimum atomic E-state index is -1.22. The van der Waals surface area contributed by atoms with E-state index in [1.165, 1.54) is 0 Å².